The van der Waals surface area contributed by atoms with Crippen molar-refractivity contribution < 1.29 is 13.6 Å². The van der Waals surface area contributed by atoms with Crippen LogP contribution in [0.1, 0.15) is 5.69 Å². The molecule has 0 saturated heterocycles. The predicted octanol–water partition coefficient (Wildman–Crippen LogP) is 0.911. The number of amides is 1. The van der Waals surface area contributed by atoms with Crippen molar-refractivity contribution in [2.24, 2.45) is 5.73 Å². The van der Waals surface area contributed by atoms with Crippen LogP contribution in [0, 0.1) is 0 Å². The molecule has 1 amide bonds. The molecule has 0 aliphatic heterocycles. The molecular formula is C9H7F2N3O. The van der Waals surface area contributed by atoms with Gasteiger partial charge in [0.1, 0.15) is 11.3 Å². The summed E-state index contributed by atoms with van der Waals surface area (Å²) in [7, 11) is 0. The van der Waals surface area contributed by atoms with Crippen molar-refractivity contribution in [1.29, 1.82) is 0 Å². The summed E-state index contributed by atoms with van der Waals surface area (Å²) in [4.78, 5) is 14.1. The Morgan fingerprint density at radius 1 is 1.47 bits per heavy atom. The SMILES string of the molecule is NC(=O)C(F)(F)c1cn2ccccc2n1. The average molecular weight is 211 g/mol. The molecule has 6 heteroatoms. The zero-order valence-electron chi connectivity index (χ0n) is 7.52. The zero-order chi connectivity index (χ0) is 11.1. The predicted molar refractivity (Wildman–Crippen MR) is 48.3 cm³/mol. The molecule has 0 fully saturated rings. The van der Waals surface area contributed by atoms with Gasteiger partial charge in [-0.3, -0.25) is 4.79 Å². The molecule has 0 atom stereocenters. The lowest BCUT2D eigenvalue weighted by molar-refractivity contribution is -0.143. The van der Waals surface area contributed by atoms with Gasteiger partial charge in [-0.05, 0) is 12.1 Å². The number of hydrogen-bond donors (Lipinski definition) is 1. The van der Waals surface area contributed by atoms with E-state index in [0.29, 0.717) is 5.65 Å². The van der Waals surface area contributed by atoms with Gasteiger partial charge in [0.15, 0.2) is 0 Å². The molecule has 4 nitrogen and oxygen atoms in total. The van der Waals surface area contributed by atoms with Crippen LogP contribution in [0.4, 0.5) is 8.78 Å². The van der Waals surface area contributed by atoms with Gasteiger partial charge in [0.05, 0.1) is 0 Å². The smallest absolute Gasteiger partial charge is 0.364 e. The summed E-state index contributed by atoms with van der Waals surface area (Å²) in [5.74, 6) is -5.43. The first-order valence-corrected chi connectivity index (χ1v) is 4.14. The molecule has 0 aliphatic carbocycles. The van der Waals surface area contributed by atoms with Gasteiger partial charge < -0.3 is 10.1 Å². The number of hydrogen-bond acceptors (Lipinski definition) is 2. The number of aromatic nitrogens is 2. The Bertz CT molecular complexity index is 488. The van der Waals surface area contributed by atoms with Gasteiger partial charge >= 0.3 is 5.92 Å². The van der Waals surface area contributed by atoms with Crippen LogP contribution in [0.5, 0.6) is 0 Å². The monoisotopic (exact) mass is 211 g/mol. The van der Waals surface area contributed by atoms with Gasteiger partial charge in [-0.25, -0.2) is 4.98 Å². The van der Waals surface area contributed by atoms with Crippen molar-refractivity contribution in [1.82, 2.24) is 9.38 Å². The fourth-order valence-corrected chi connectivity index (χ4v) is 1.21. The summed E-state index contributed by atoms with van der Waals surface area (Å²) in [6, 6.07) is 4.88. The molecule has 2 heterocycles. The van der Waals surface area contributed by atoms with E-state index < -0.39 is 17.5 Å². The molecule has 0 spiro atoms. The van der Waals surface area contributed by atoms with Crippen LogP contribution in [0.15, 0.2) is 30.6 Å². The van der Waals surface area contributed by atoms with Crippen molar-refractivity contribution in [3.63, 3.8) is 0 Å². The normalized spacial score (nSPS) is 11.9. The van der Waals surface area contributed by atoms with Crippen LogP contribution in [-0.4, -0.2) is 15.3 Å². The molecule has 2 N–H and O–H groups in total. The van der Waals surface area contributed by atoms with E-state index in [9.17, 15) is 13.6 Å². The van der Waals surface area contributed by atoms with E-state index in [1.54, 1.807) is 24.4 Å². The average Bonchev–Trinajstić information content (AvgIpc) is 2.61. The van der Waals surface area contributed by atoms with Gasteiger partial charge in [-0.15, -0.1) is 0 Å². The van der Waals surface area contributed by atoms with Crippen LogP contribution in [-0.2, 0) is 10.7 Å². The summed E-state index contributed by atoms with van der Waals surface area (Å²) in [5.41, 5.74) is 4.29. The number of nitrogens with zero attached hydrogens (tertiary/aromatic N) is 2. The summed E-state index contributed by atoms with van der Waals surface area (Å²) >= 11 is 0. The molecule has 78 valence electrons. The third-order valence-corrected chi connectivity index (χ3v) is 2.00. The maximum Gasteiger partial charge on any atom is 0.367 e. The molecular weight excluding hydrogens is 204 g/mol. The number of primary amides is 1. The molecule has 2 rings (SSSR count). The molecule has 2 aromatic rings. The lowest BCUT2D eigenvalue weighted by Gasteiger charge is -2.07. The highest BCUT2D eigenvalue weighted by Crippen LogP contribution is 2.26. The van der Waals surface area contributed by atoms with Crippen LogP contribution in [0.25, 0.3) is 5.65 Å². The molecule has 2 aromatic heterocycles. The molecule has 15 heavy (non-hydrogen) atoms. The minimum atomic E-state index is -3.73. The van der Waals surface area contributed by atoms with Gasteiger partial charge in [0.25, 0.3) is 5.91 Å². The largest absolute Gasteiger partial charge is 0.367 e. The number of pyridine rings is 1. The van der Waals surface area contributed by atoms with E-state index in [1.807, 2.05) is 0 Å². The first-order chi connectivity index (χ1) is 7.01. The van der Waals surface area contributed by atoms with E-state index in [2.05, 4.69) is 10.7 Å². The summed E-state index contributed by atoms with van der Waals surface area (Å²) in [6.07, 6.45) is 2.64. The molecule has 0 unspecified atom stereocenters. The fraction of sp³-hybridized carbons (Fsp3) is 0.111. The highest BCUT2D eigenvalue weighted by molar-refractivity contribution is 5.82. The summed E-state index contributed by atoms with van der Waals surface area (Å²) in [5, 5.41) is 0. The van der Waals surface area contributed by atoms with Gasteiger partial charge in [0, 0.05) is 12.4 Å². The van der Waals surface area contributed by atoms with E-state index in [0.717, 1.165) is 6.20 Å². The number of rotatable bonds is 2. The Kier molecular flexibility index (Phi) is 1.92. The third-order valence-electron chi connectivity index (χ3n) is 2.00. The maximum absolute atomic E-state index is 13.2. The Morgan fingerprint density at radius 2 is 2.20 bits per heavy atom. The van der Waals surface area contributed by atoms with E-state index in [4.69, 9.17) is 0 Å². The van der Waals surface area contributed by atoms with Crippen LogP contribution < -0.4 is 5.73 Å². The number of imidazole rings is 1. The highest BCUT2D eigenvalue weighted by Gasteiger charge is 2.41. The van der Waals surface area contributed by atoms with Crippen molar-refractivity contribution in [2.45, 2.75) is 5.92 Å². The number of fused-ring (bicyclic) bond motifs is 1. The minimum Gasteiger partial charge on any atom is -0.364 e. The summed E-state index contributed by atoms with van der Waals surface area (Å²) in [6.45, 7) is 0. The molecule has 0 radical (unpaired) electrons. The molecule has 0 aliphatic rings. The third kappa shape index (κ3) is 1.43. The molecule has 0 bridgehead atoms. The number of carbonyl (C=O) groups is 1. The topological polar surface area (TPSA) is 60.4 Å². The molecule has 0 aromatic carbocycles. The number of alkyl halides is 2. The van der Waals surface area contributed by atoms with Gasteiger partial charge in [-0.1, -0.05) is 6.07 Å². The lowest BCUT2D eigenvalue weighted by Crippen LogP contribution is -2.33. The van der Waals surface area contributed by atoms with Gasteiger partial charge in [0.2, 0.25) is 0 Å². The lowest BCUT2D eigenvalue weighted by atomic mass is 10.2. The maximum atomic E-state index is 13.2. The Hall–Kier alpha value is -1.98. The van der Waals surface area contributed by atoms with E-state index in [1.165, 1.54) is 4.40 Å². The highest BCUT2D eigenvalue weighted by atomic mass is 19.3. The first kappa shape index (κ1) is 9.57. The van der Waals surface area contributed by atoms with Crippen LogP contribution in [0.3, 0.4) is 0 Å². The molecule has 0 saturated carbocycles. The van der Waals surface area contributed by atoms with E-state index >= 15 is 0 Å². The van der Waals surface area contributed by atoms with Crippen molar-refractivity contribution in [3.8, 4) is 0 Å². The zero-order valence-corrected chi connectivity index (χ0v) is 7.52. The Morgan fingerprint density at radius 3 is 2.80 bits per heavy atom. The van der Waals surface area contributed by atoms with Crippen LogP contribution >= 0.6 is 0 Å². The second-order valence-electron chi connectivity index (χ2n) is 3.03. The minimum absolute atomic E-state index is 0.341. The quantitative estimate of drug-likeness (QED) is 0.802. The Balaban J connectivity index is 2.58. The fourth-order valence-electron chi connectivity index (χ4n) is 1.21. The first-order valence-electron chi connectivity index (χ1n) is 4.14. The number of carbonyl (C=O) groups excluding carboxylic acids is 1. The van der Waals surface area contributed by atoms with Crippen LogP contribution in [0.2, 0.25) is 0 Å². The second-order valence-corrected chi connectivity index (χ2v) is 3.03. The standard InChI is InChI=1S/C9H7F2N3O/c10-9(11,8(12)15)6-5-14-4-2-1-3-7(14)13-6/h1-5H,(H2,12,15). The number of halogens is 2. The van der Waals surface area contributed by atoms with Crippen molar-refractivity contribution in [2.75, 3.05) is 0 Å². The van der Waals surface area contributed by atoms with Gasteiger partial charge in [-0.2, -0.15) is 8.78 Å². The van der Waals surface area contributed by atoms with E-state index in [-0.39, 0.29) is 0 Å². The van der Waals surface area contributed by atoms with Crippen molar-refractivity contribution in [3.05, 3.63) is 36.3 Å². The second kappa shape index (κ2) is 3.01. The number of nitrogens with two attached hydrogens (primary N) is 1. The summed E-state index contributed by atoms with van der Waals surface area (Å²) < 4.78 is 27.7. The Labute approximate surface area is 83.3 Å². The van der Waals surface area contributed by atoms with Crippen molar-refractivity contribution >= 4 is 11.6 Å².